The Balaban J connectivity index is 2.99. The Morgan fingerprint density at radius 1 is 1.43 bits per heavy atom. The molecule has 4 nitrogen and oxygen atoms in total. The van der Waals surface area contributed by atoms with Gasteiger partial charge in [-0.05, 0) is 13.5 Å². The molecule has 1 aromatic rings. The summed E-state index contributed by atoms with van der Waals surface area (Å²) in [6.45, 7) is 6.20. The van der Waals surface area contributed by atoms with E-state index in [2.05, 4.69) is 4.98 Å². The molecule has 80 valence electrons. The molecule has 0 aliphatic heterocycles. The summed E-state index contributed by atoms with van der Waals surface area (Å²) in [5.41, 5.74) is 6.24. The zero-order valence-electron chi connectivity index (χ0n) is 8.95. The van der Waals surface area contributed by atoms with Crippen molar-refractivity contribution in [2.75, 3.05) is 6.54 Å². The van der Waals surface area contributed by atoms with E-state index in [1.165, 1.54) is 0 Å². The monoisotopic (exact) mass is 198 g/mol. The molecule has 0 bridgehead atoms. The molecule has 0 aliphatic rings. The van der Waals surface area contributed by atoms with Gasteiger partial charge in [-0.15, -0.1) is 0 Å². The first-order chi connectivity index (χ1) is 6.56. The quantitative estimate of drug-likeness (QED) is 0.766. The minimum Gasteiger partial charge on any atom is -0.442 e. The molecule has 1 unspecified atom stereocenters. The highest BCUT2D eigenvalue weighted by Crippen LogP contribution is 2.23. The second kappa shape index (κ2) is 4.57. The first kappa shape index (κ1) is 11.2. The number of nitrogens with zero attached hydrogens (tertiary/aromatic N) is 1. The van der Waals surface area contributed by atoms with E-state index >= 15 is 0 Å². The Bertz CT molecular complexity index is 292. The summed E-state index contributed by atoms with van der Waals surface area (Å²) in [4.78, 5) is 4.31. The molecule has 14 heavy (non-hydrogen) atoms. The molecule has 0 amide bonds. The molecule has 1 heterocycles. The van der Waals surface area contributed by atoms with Crippen molar-refractivity contribution in [3.8, 4) is 0 Å². The zero-order chi connectivity index (χ0) is 10.7. The van der Waals surface area contributed by atoms with Crippen molar-refractivity contribution >= 4 is 0 Å². The summed E-state index contributed by atoms with van der Waals surface area (Å²) < 4.78 is 5.47. The fourth-order valence-electron chi connectivity index (χ4n) is 1.27. The maximum Gasteiger partial charge on any atom is 0.197 e. The Hall–Kier alpha value is -0.870. The maximum atomic E-state index is 9.45. The van der Waals surface area contributed by atoms with E-state index in [9.17, 15) is 5.11 Å². The molecular weight excluding hydrogens is 180 g/mol. The Morgan fingerprint density at radius 3 is 2.50 bits per heavy atom. The predicted molar refractivity (Wildman–Crippen MR) is 54.0 cm³/mol. The van der Waals surface area contributed by atoms with Crippen LogP contribution in [0.25, 0.3) is 0 Å². The van der Waals surface area contributed by atoms with Gasteiger partial charge < -0.3 is 15.3 Å². The molecule has 1 rings (SSSR count). The van der Waals surface area contributed by atoms with Gasteiger partial charge in [-0.2, -0.15) is 0 Å². The summed E-state index contributed by atoms with van der Waals surface area (Å²) in [7, 11) is 0. The van der Waals surface area contributed by atoms with Gasteiger partial charge in [0.15, 0.2) is 11.7 Å². The molecule has 1 aromatic heterocycles. The lowest BCUT2D eigenvalue weighted by Gasteiger charge is -2.01. The lowest BCUT2D eigenvalue weighted by molar-refractivity contribution is 0.165. The minimum absolute atomic E-state index is 0.235. The normalized spacial score (nSPS) is 13.6. The SMILES string of the molecule is CC(C)c1nc(CCN)c(C(C)O)o1. The van der Waals surface area contributed by atoms with Crippen LogP contribution < -0.4 is 5.73 Å². The lowest BCUT2D eigenvalue weighted by Crippen LogP contribution is -2.06. The molecule has 0 saturated carbocycles. The molecule has 0 saturated heterocycles. The van der Waals surface area contributed by atoms with E-state index in [0.29, 0.717) is 24.6 Å². The Kier molecular flexibility index (Phi) is 3.66. The third kappa shape index (κ3) is 2.33. The fourth-order valence-corrected chi connectivity index (χ4v) is 1.27. The van der Waals surface area contributed by atoms with Gasteiger partial charge in [0.2, 0.25) is 0 Å². The number of aliphatic hydroxyl groups excluding tert-OH is 1. The van der Waals surface area contributed by atoms with Gasteiger partial charge in [0.05, 0.1) is 5.69 Å². The largest absolute Gasteiger partial charge is 0.442 e. The van der Waals surface area contributed by atoms with Crippen LogP contribution in [0.4, 0.5) is 0 Å². The number of hydrogen-bond donors (Lipinski definition) is 2. The number of rotatable bonds is 4. The van der Waals surface area contributed by atoms with Crippen molar-refractivity contribution in [3.05, 3.63) is 17.3 Å². The van der Waals surface area contributed by atoms with Crippen LogP contribution in [0.15, 0.2) is 4.42 Å². The highest BCUT2D eigenvalue weighted by atomic mass is 16.4. The average molecular weight is 198 g/mol. The van der Waals surface area contributed by atoms with Gasteiger partial charge in [0, 0.05) is 12.3 Å². The first-order valence-electron chi connectivity index (χ1n) is 4.93. The molecule has 0 fully saturated rings. The molecule has 0 aromatic carbocycles. The number of aliphatic hydroxyl groups is 1. The third-order valence-corrected chi connectivity index (χ3v) is 2.00. The molecule has 0 aliphatic carbocycles. The molecular formula is C10H18N2O2. The van der Waals surface area contributed by atoms with E-state index in [0.717, 1.165) is 5.69 Å². The van der Waals surface area contributed by atoms with Crippen LogP contribution in [0.5, 0.6) is 0 Å². The van der Waals surface area contributed by atoms with Gasteiger partial charge in [0.25, 0.3) is 0 Å². The molecule has 0 radical (unpaired) electrons. The van der Waals surface area contributed by atoms with Gasteiger partial charge >= 0.3 is 0 Å². The van der Waals surface area contributed by atoms with E-state index in [4.69, 9.17) is 10.2 Å². The minimum atomic E-state index is -0.614. The molecule has 1 atom stereocenters. The van der Waals surface area contributed by atoms with Crippen molar-refractivity contribution < 1.29 is 9.52 Å². The molecule has 0 spiro atoms. The van der Waals surface area contributed by atoms with Gasteiger partial charge in [-0.25, -0.2) is 4.98 Å². The maximum absolute atomic E-state index is 9.45. The van der Waals surface area contributed by atoms with Crippen molar-refractivity contribution in [2.24, 2.45) is 5.73 Å². The fraction of sp³-hybridized carbons (Fsp3) is 0.700. The van der Waals surface area contributed by atoms with E-state index in [1.54, 1.807) is 6.92 Å². The van der Waals surface area contributed by atoms with E-state index < -0.39 is 6.10 Å². The number of hydrogen-bond acceptors (Lipinski definition) is 4. The second-order valence-electron chi connectivity index (χ2n) is 3.73. The topological polar surface area (TPSA) is 72.3 Å². The summed E-state index contributed by atoms with van der Waals surface area (Å²) in [6.07, 6.45) is 0.0350. The number of aromatic nitrogens is 1. The standard InChI is InChI=1S/C10H18N2O2/c1-6(2)10-12-8(4-5-11)9(14-10)7(3)13/h6-7,13H,4-5,11H2,1-3H3. The van der Waals surface area contributed by atoms with Crippen molar-refractivity contribution in [1.82, 2.24) is 4.98 Å². The second-order valence-corrected chi connectivity index (χ2v) is 3.73. The van der Waals surface area contributed by atoms with Gasteiger partial charge in [0.1, 0.15) is 6.10 Å². The number of oxazole rings is 1. The summed E-state index contributed by atoms with van der Waals surface area (Å²) in [6, 6.07) is 0. The van der Waals surface area contributed by atoms with Gasteiger partial charge in [-0.1, -0.05) is 13.8 Å². The third-order valence-electron chi connectivity index (χ3n) is 2.00. The van der Waals surface area contributed by atoms with E-state index in [1.807, 2.05) is 13.8 Å². The molecule has 3 N–H and O–H groups in total. The van der Waals surface area contributed by atoms with Crippen LogP contribution in [-0.4, -0.2) is 16.6 Å². The van der Waals surface area contributed by atoms with Crippen molar-refractivity contribution in [2.45, 2.75) is 39.2 Å². The average Bonchev–Trinajstić information content (AvgIpc) is 2.49. The number of nitrogens with two attached hydrogens (primary N) is 1. The van der Waals surface area contributed by atoms with Crippen molar-refractivity contribution in [3.63, 3.8) is 0 Å². The summed E-state index contributed by atoms with van der Waals surface area (Å²) >= 11 is 0. The van der Waals surface area contributed by atoms with Crippen LogP contribution in [0, 0.1) is 0 Å². The first-order valence-corrected chi connectivity index (χ1v) is 4.93. The Labute approximate surface area is 84.1 Å². The highest BCUT2D eigenvalue weighted by molar-refractivity contribution is 5.13. The van der Waals surface area contributed by atoms with Crippen LogP contribution in [0.1, 0.15) is 50.1 Å². The highest BCUT2D eigenvalue weighted by Gasteiger charge is 2.18. The van der Waals surface area contributed by atoms with Gasteiger partial charge in [-0.3, -0.25) is 0 Å². The van der Waals surface area contributed by atoms with Crippen LogP contribution in [-0.2, 0) is 6.42 Å². The van der Waals surface area contributed by atoms with Crippen LogP contribution in [0.3, 0.4) is 0 Å². The van der Waals surface area contributed by atoms with Crippen molar-refractivity contribution in [1.29, 1.82) is 0 Å². The zero-order valence-corrected chi connectivity index (χ0v) is 8.95. The van der Waals surface area contributed by atoms with Crippen LogP contribution in [0.2, 0.25) is 0 Å². The smallest absolute Gasteiger partial charge is 0.197 e. The lowest BCUT2D eigenvalue weighted by atomic mass is 10.2. The summed E-state index contributed by atoms with van der Waals surface area (Å²) in [5.74, 6) is 1.46. The van der Waals surface area contributed by atoms with E-state index in [-0.39, 0.29) is 5.92 Å². The summed E-state index contributed by atoms with van der Waals surface area (Å²) in [5, 5.41) is 9.45. The molecule has 4 heteroatoms. The Morgan fingerprint density at radius 2 is 2.07 bits per heavy atom. The predicted octanol–water partition coefficient (Wildman–Crippen LogP) is 1.35. The van der Waals surface area contributed by atoms with Crippen LogP contribution >= 0.6 is 0 Å².